The van der Waals surface area contributed by atoms with Crippen molar-refractivity contribution in [3.8, 4) is 18.1 Å². The number of para-hydroxylation sites is 2. The second-order valence-electron chi connectivity index (χ2n) is 5.67. The minimum absolute atomic E-state index is 0.0342. The van der Waals surface area contributed by atoms with E-state index in [1.54, 1.807) is 42.5 Å². The molecule has 1 heterocycles. The summed E-state index contributed by atoms with van der Waals surface area (Å²) in [5, 5.41) is 3.01. The van der Waals surface area contributed by atoms with Gasteiger partial charge in [0.1, 0.15) is 25.1 Å². The monoisotopic (exact) mass is 360 g/mol. The normalized spacial score (nSPS) is 16.5. The Hall–Kier alpha value is -3.14. The third-order valence-corrected chi connectivity index (χ3v) is 3.90. The van der Waals surface area contributed by atoms with E-state index in [0.717, 1.165) is 4.90 Å². The van der Waals surface area contributed by atoms with Gasteiger partial charge in [0.2, 0.25) is 0 Å². The summed E-state index contributed by atoms with van der Waals surface area (Å²) in [6.07, 6.45) is -0.383. The molecule has 0 saturated carbocycles. The van der Waals surface area contributed by atoms with Gasteiger partial charge in [-0.05, 0) is 18.2 Å². The van der Waals surface area contributed by atoms with E-state index in [0.29, 0.717) is 17.0 Å². The first-order chi connectivity index (χ1) is 12.4. The molecule has 0 radical (unpaired) electrons. The molecule has 0 aliphatic carbocycles. The zero-order chi connectivity index (χ0) is 18.7. The molecule has 1 N–H and O–H groups in total. The van der Waals surface area contributed by atoms with Crippen molar-refractivity contribution in [2.45, 2.75) is 12.3 Å². The largest absolute Gasteiger partial charge is 0.481 e. The fourth-order valence-corrected chi connectivity index (χ4v) is 2.85. The minimum Gasteiger partial charge on any atom is -0.481 e. The number of ether oxygens (including phenoxy) is 1. The maximum atomic E-state index is 13.1. The zero-order valence-electron chi connectivity index (χ0n) is 13.6. The molecule has 0 unspecified atom stereocenters. The van der Waals surface area contributed by atoms with Gasteiger partial charge in [-0.15, -0.1) is 6.42 Å². The van der Waals surface area contributed by atoms with Crippen LogP contribution in [0.4, 0.5) is 18.9 Å². The Morgan fingerprint density at radius 3 is 2.58 bits per heavy atom. The number of fused-ring (bicyclic) bond motifs is 1. The number of terminal acetylenes is 1. The van der Waals surface area contributed by atoms with Crippen molar-refractivity contribution in [3.63, 3.8) is 0 Å². The number of amides is 1. The van der Waals surface area contributed by atoms with Crippen LogP contribution in [-0.2, 0) is 0 Å². The molecule has 0 saturated heterocycles. The molecule has 2 aromatic carbocycles. The van der Waals surface area contributed by atoms with Crippen LogP contribution in [0.1, 0.15) is 22.1 Å². The summed E-state index contributed by atoms with van der Waals surface area (Å²) < 4.78 is 44.8. The van der Waals surface area contributed by atoms with Crippen LogP contribution in [0.5, 0.6) is 5.75 Å². The Morgan fingerprint density at radius 1 is 1.15 bits per heavy atom. The van der Waals surface area contributed by atoms with Crippen molar-refractivity contribution in [3.05, 3.63) is 59.7 Å². The highest BCUT2D eigenvalue weighted by Crippen LogP contribution is 2.38. The number of carbonyl (C=O) groups excluding carboxylic acids is 1. The molecular formula is C19H15F3N2O2. The summed E-state index contributed by atoms with van der Waals surface area (Å²) in [7, 11) is 0. The van der Waals surface area contributed by atoms with Crippen molar-refractivity contribution < 1.29 is 22.7 Å². The lowest BCUT2D eigenvalue weighted by Gasteiger charge is -2.38. The van der Waals surface area contributed by atoms with E-state index in [4.69, 9.17) is 11.2 Å². The maximum Gasteiger partial charge on any atom is 0.406 e. The molecule has 2 aromatic rings. The molecule has 1 amide bonds. The van der Waals surface area contributed by atoms with E-state index < -0.39 is 24.8 Å². The van der Waals surface area contributed by atoms with Crippen molar-refractivity contribution in [1.82, 2.24) is 4.90 Å². The first kappa shape index (κ1) is 17.7. The lowest BCUT2D eigenvalue weighted by molar-refractivity contribution is -0.144. The maximum absolute atomic E-state index is 13.1. The van der Waals surface area contributed by atoms with Crippen LogP contribution >= 0.6 is 0 Å². The Labute approximate surface area is 148 Å². The van der Waals surface area contributed by atoms with Crippen LogP contribution < -0.4 is 10.1 Å². The van der Waals surface area contributed by atoms with E-state index in [2.05, 4.69) is 11.2 Å². The number of rotatable bonds is 4. The van der Waals surface area contributed by atoms with Gasteiger partial charge in [0, 0.05) is 11.3 Å². The number of nitrogens with zero attached hydrogens (tertiary/aromatic N) is 1. The SMILES string of the molecule is C#CCOc1ccccc1[C@@H]1Nc2ccccc2C(=O)N1CC(F)(F)F. The average Bonchev–Trinajstić information content (AvgIpc) is 2.61. The Kier molecular flexibility index (Phi) is 4.76. The number of carbonyl (C=O) groups is 1. The first-order valence-electron chi connectivity index (χ1n) is 7.79. The van der Waals surface area contributed by atoms with Gasteiger partial charge in [-0.25, -0.2) is 0 Å². The third kappa shape index (κ3) is 3.59. The van der Waals surface area contributed by atoms with Crippen molar-refractivity contribution in [1.29, 1.82) is 0 Å². The molecule has 3 rings (SSSR count). The van der Waals surface area contributed by atoms with Gasteiger partial charge in [0.05, 0.1) is 5.56 Å². The summed E-state index contributed by atoms with van der Waals surface area (Å²) in [5.41, 5.74) is 1.05. The van der Waals surface area contributed by atoms with Crippen LogP contribution in [0.25, 0.3) is 0 Å². The number of hydrogen-bond donors (Lipinski definition) is 1. The molecule has 0 bridgehead atoms. The van der Waals surface area contributed by atoms with E-state index in [9.17, 15) is 18.0 Å². The number of halogens is 3. The van der Waals surface area contributed by atoms with Gasteiger partial charge < -0.3 is 15.0 Å². The highest BCUT2D eigenvalue weighted by molar-refractivity contribution is 6.01. The molecular weight excluding hydrogens is 345 g/mol. The van der Waals surface area contributed by atoms with Crippen molar-refractivity contribution in [2.24, 2.45) is 0 Å². The van der Waals surface area contributed by atoms with Crippen LogP contribution in [0, 0.1) is 12.3 Å². The standard InChI is InChI=1S/C19H15F3N2O2/c1-2-11-26-16-10-6-4-8-14(16)17-23-15-9-5-3-7-13(15)18(25)24(17)12-19(20,21)22/h1,3-10,17,23H,11-12H2/t17-/m1/s1. The molecule has 0 spiro atoms. The summed E-state index contributed by atoms with van der Waals surface area (Å²) >= 11 is 0. The minimum atomic E-state index is -4.55. The summed E-state index contributed by atoms with van der Waals surface area (Å²) in [6, 6.07) is 13.0. The van der Waals surface area contributed by atoms with Crippen LogP contribution in [0.3, 0.4) is 0 Å². The first-order valence-corrected chi connectivity index (χ1v) is 7.79. The fourth-order valence-electron chi connectivity index (χ4n) is 2.85. The lowest BCUT2D eigenvalue weighted by atomic mass is 10.0. The van der Waals surface area contributed by atoms with Gasteiger partial charge >= 0.3 is 6.18 Å². The number of hydrogen-bond acceptors (Lipinski definition) is 3. The number of nitrogens with one attached hydrogen (secondary N) is 1. The van der Waals surface area contributed by atoms with E-state index in [1.807, 2.05) is 0 Å². The van der Waals surface area contributed by atoms with Gasteiger partial charge in [-0.1, -0.05) is 36.3 Å². The van der Waals surface area contributed by atoms with E-state index in [1.165, 1.54) is 6.07 Å². The Bertz CT molecular complexity index is 858. The quantitative estimate of drug-likeness (QED) is 0.843. The molecule has 1 aliphatic rings. The number of alkyl halides is 3. The molecule has 0 aromatic heterocycles. The second kappa shape index (κ2) is 7.00. The third-order valence-electron chi connectivity index (χ3n) is 3.90. The van der Waals surface area contributed by atoms with Gasteiger partial charge in [0.15, 0.2) is 0 Å². The van der Waals surface area contributed by atoms with Gasteiger partial charge in [-0.2, -0.15) is 13.2 Å². The fraction of sp³-hybridized carbons (Fsp3) is 0.211. The topological polar surface area (TPSA) is 41.6 Å². The smallest absolute Gasteiger partial charge is 0.406 e. The summed E-state index contributed by atoms with van der Waals surface area (Å²) in [5.74, 6) is 1.94. The lowest BCUT2D eigenvalue weighted by Crippen LogP contribution is -2.47. The van der Waals surface area contributed by atoms with Gasteiger partial charge in [-0.3, -0.25) is 4.79 Å². The van der Waals surface area contributed by atoms with E-state index in [-0.39, 0.29) is 12.2 Å². The molecule has 1 aliphatic heterocycles. The molecule has 26 heavy (non-hydrogen) atoms. The Morgan fingerprint density at radius 2 is 1.85 bits per heavy atom. The summed E-state index contributed by atoms with van der Waals surface area (Å²) in [4.78, 5) is 13.5. The molecule has 134 valence electrons. The van der Waals surface area contributed by atoms with Crippen LogP contribution in [0.2, 0.25) is 0 Å². The number of anilines is 1. The van der Waals surface area contributed by atoms with Gasteiger partial charge in [0.25, 0.3) is 5.91 Å². The van der Waals surface area contributed by atoms with E-state index >= 15 is 0 Å². The van der Waals surface area contributed by atoms with Crippen molar-refractivity contribution in [2.75, 3.05) is 18.5 Å². The summed E-state index contributed by atoms with van der Waals surface area (Å²) in [6.45, 7) is -1.42. The van der Waals surface area contributed by atoms with Crippen LogP contribution in [0.15, 0.2) is 48.5 Å². The highest BCUT2D eigenvalue weighted by atomic mass is 19.4. The number of benzene rings is 2. The van der Waals surface area contributed by atoms with Crippen molar-refractivity contribution >= 4 is 11.6 Å². The predicted molar refractivity (Wildman–Crippen MR) is 90.7 cm³/mol. The second-order valence-corrected chi connectivity index (χ2v) is 5.67. The molecule has 4 nitrogen and oxygen atoms in total. The highest BCUT2D eigenvalue weighted by Gasteiger charge is 2.41. The molecule has 7 heteroatoms. The average molecular weight is 360 g/mol. The zero-order valence-corrected chi connectivity index (χ0v) is 13.6. The van der Waals surface area contributed by atoms with Crippen LogP contribution in [-0.4, -0.2) is 30.1 Å². The molecule has 0 fully saturated rings. The molecule has 1 atom stereocenters. The predicted octanol–water partition coefficient (Wildman–Crippen LogP) is 3.83. The Balaban J connectivity index is 2.06.